The Kier molecular flexibility index (Phi) is 6.42. The van der Waals surface area contributed by atoms with E-state index in [1.807, 2.05) is 63.1 Å². The lowest BCUT2D eigenvalue weighted by Gasteiger charge is -2.39. The fourth-order valence-electron chi connectivity index (χ4n) is 4.84. The van der Waals surface area contributed by atoms with Crippen LogP contribution in [0.15, 0.2) is 40.4 Å². The molecule has 0 saturated carbocycles. The number of aryl methyl sites for hydroxylation is 1. The Morgan fingerprint density at radius 1 is 1.22 bits per heavy atom. The quantitative estimate of drug-likeness (QED) is 0.372. The van der Waals surface area contributed by atoms with E-state index in [0.29, 0.717) is 42.8 Å². The van der Waals surface area contributed by atoms with Crippen LogP contribution in [0.1, 0.15) is 38.8 Å². The summed E-state index contributed by atoms with van der Waals surface area (Å²) in [5.41, 5.74) is 2.90. The summed E-state index contributed by atoms with van der Waals surface area (Å²) in [5.74, 6) is 0. The number of carbonyl (C=O) groups excluding carboxylic acids is 1. The zero-order valence-electron chi connectivity index (χ0n) is 21.3. The Morgan fingerprint density at radius 2 is 2.03 bits per heavy atom. The largest absolute Gasteiger partial charge is 0.443 e. The normalized spacial score (nSPS) is 18.0. The van der Waals surface area contributed by atoms with Gasteiger partial charge in [-0.3, -0.25) is 14.3 Å². The van der Waals surface area contributed by atoms with Gasteiger partial charge in [0, 0.05) is 31.3 Å². The molecule has 2 aliphatic heterocycles. The van der Waals surface area contributed by atoms with Crippen molar-refractivity contribution in [1.29, 1.82) is 0 Å². The number of rotatable bonds is 3. The number of para-hydroxylation sites is 1. The Bertz CT molecular complexity index is 1380. The Balaban J connectivity index is 1.66. The lowest BCUT2D eigenvalue weighted by Crippen LogP contribution is -2.46. The standard InChI is InChI=1S/C26H31N5O4S/c1-16-7-6-8-19-21(16)30(25(33)35-26(2,3)4)11-10-29(19)20-13-17-14-27-24(36-5)28-22(17)31(23(20)32)18-9-12-34-15-18/h6-8,13-14,18H,9-12,15H2,1-5H3. The van der Waals surface area contributed by atoms with Gasteiger partial charge in [0.05, 0.1) is 24.0 Å². The molecule has 1 unspecified atom stereocenters. The van der Waals surface area contributed by atoms with E-state index >= 15 is 0 Å². The number of nitrogens with zero attached hydrogens (tertiary/aromatic N) is 5. The third kappa shape index (κ3) is 4.43. The van der Waals surface area contributed by atoms with E-state index in [-0.39, 0.29) is 11.6 Å². The molecule has 4 heterocycles. The van der Waals surface area contributed by atoms with Crippen molar-refractivity contribution in [2.24, 2.45) is 0 Å². The number of amides is 1. The van der Waals surface area contributed by atoms with E-state index in [1.54, 1.807) is 15.7 Å². The van der Waals surface area contributed by atoms with Crippen molar-refractivity contribution in [2.45, 2.75) is 50.9 Å². The number of pyridine rings is 1. The molecule has 0 spiro atoms. The van der Waals surface area contributed by atoms with Gasteiger partial charge in [-0.1, -0.05) is 23.9 Å². The van der Waals surface area contributed by atoms with Gasteiger partial charge < -0.3 is 14.4 Å². The topological polar surface area (TPSA) is 89.8 Å². The van der Waals surface area contributed by atoms with Crippen LogP contribution in [0, 0.1) is 6.92 Å². The molecule has 0 aliphatic carbocycles. The summed E-state index contributed by atoms with van der Waals surface area (Å²) in [5, 5.41) is 1.41. The second-order valence-corrected chi connectivity index (χ2v) is 10.9. The molecule has 190 valence electrons. The van der Waals surface area contributed by atoms with Crippen LogP contribution in [0.4, 0.5) is 21.9 Å². The van der Waals surface area contributed by atoms with Crippen LogP contribution < -0.4 is 15.4 Å². The lowest BCUT2D eigenvalue weighted by molar-refractivity contribution is 0.0580. The molecule has 36 heavy (non-hydrogen) atoms. The fraction of sp³-hybridized carbons (Fsp3) is 0.462. The number of aromatic nitrogens is 3. The summed E-state index contributed by atoms with van der Waals surface area (Å²) < 4.78 is 13.1. The van der Waals surface area contributed by atoms with Crippen LogP contribution in [-0.2, 0) is 9.47 Å². The number of hydrogen-bond acceptors (Lipinski definition) is 8. The summed E-state index contributed by atoms with van der Waals surface area (Å²) in [6.07, 6.45) is 4.05. The lowest BCUT2D eigenvalue weighted by atomic mass is 10.1. The highest BCUT2D eigenvalue weighted by Gasteiger charge is 2.34. The van der Waals surface area contributed by atoms with Gasteiger partial charge in [0.2, 0.25) is 0 Å². The monoisotopic (exact) mass is 509 g/mol. The molecule has 1 amide bonds. The molecular weight excluding hydrogens is 478 g/mol. The van der Waals surface area contributed by atoms with E-state index in [1.165, 1.54) is 11.8 Å². The van der Waals surface area contributed by atoms with Gasteiger partial charge >= 0.3 is 6.09 Å². The molecule has 3 aromatic rings. The summed E-state index contributed by atoms with van der Waals surface area (Å²) in [4.78, 5) is 40.0. The summed E-state index contributed by atoms with van der Waals surface area (Å²) in [6.45, 7) is 9.45. The number of anilines is 3. The molecule has 9 nitrogen and oxygen atoms in total. The smallest absolute Gasteiger partial charge is 0.414 e. The average molecular weight is 510 g/mol. The maximum Gasteiger partial charge on any atom is 0.414 e. The highest BCUT2D eigenvalue weighted by atomic mass is 32.2. The molecule has 1 saturated heterocycles. The minimum Gasteiger partial charge on any atom is -0.443 e. The molecule has 10 heteroatoms. The molecule has 0 bridgehead atoms. The van der Waals surface area contributed by atoms with Gasteiger partial charge in [-0.25, -0.2) is 14.8 Å². The van der Waals surface area contributed by atoms with E-state index in [0.717, 1.165) is 28.7 Å². The zero-order chi connectivity index (χ0) is 25.6. The van der Waals surface area contributed by atoms with E-state index in [2.05, 4.69) is 9.97 Å². The van der Waals surface area contributed by atoms with Crippen LogP contribution >= 0.6 is 11.8 Å². The van der Waals surface area contributed by atoms with Crippen molar-refractivity contribution in [3.8, 4) is 0 Å². The third-order valence-electron chi connectivity index (χ3n) is 6.41. The zero-order valence-corrected chi connectivity index (χ0v) is 22.1. The van der Waals surface area contributed by atoms with E-state index in [4.69, 9.17) is 9.47 Å². The Morgan fingerprint density at radius 3 is 2.72 bits per heavy atom. The van der Waals surface area contributed by atoms with Crippen LogP contribution in [-0.4, -0.2) is 58.8 Å². The molecule has 5 rings (SSSR count). The van der Waals surface area contributed by atoms with Crippen LogP contribution in [0.25, 0.3) is 11.0 Å². The molecular formula is C26H31N5O4S. The van der Waals surface area contributed by atoms with E-state index in [9.17, 15) is 9.59 Å². The first-order valence-electron chi connectivity index (χ1n) is 12.1. The van der Waals surface area contributed by atoms with Gasteiger partial charge in [0.15, 0.2) is 5.16 Å². The number of ether oxygens (including phenoxy) is 2. The van der Waals surface area contributed by atoms with Gasteiger partial charge in [-0.05, 0) is 58.1 Å². The van der Waals surface area contributed by atoms with Crippen LogP contribution in [0.3, 0.4) is 0 Å². The van der Waals surface area contributed by atoms with Crippen LogP contribution in [0.2, 0.25) is 0 Å². The highest BCUT2D eigenvalue weighted by Crippen LogP contribution is 2.40. The molecule has 0 N–H and O–H groups in total. The predicted molar refractivity (Wildman–Crippen MR) is 142 cm³/mol. The fourth-order valence-corrected chi connectivity index (χ4v) is 5.18. The van der Waals surface area contributed by atoms with E-state index < -0.39 is 11.7 Å². The van der Waals surface area contributed by atoms with Crippen molar-refractivity contribution in [3.63, 3.8) is 0 Å². The second kappa shape index (κ2) is 9.40. The third-order valence-corrected chi connectivity index (χ3v) is 6.98. The summed E-state index contributed by atoms with van der Waals surface area (Å²) in [7, 11) is 0. The first-order valence-corrected chi connectivity index (χ1v) is 13.3. The summed E-state index contributed by atoms with van der Waals surface area (Å²) >= 11 is 1.44. The van der Waals surface area contributed by atoms with Crippen molar-refractivity contribution in [1.82, 2.24) is 14.5 Å². The maximum atomic E-state index is 14.1. The van der Waals surface area contributed by atoms with Gasteiger partial charge in [-0.15, -0.1) is 0 Å². The van der Waals surface area contributed by atoms with Gasteiger partial charge in [-0.2, -0.15) is 0 Å². The maximum absolute atomic E-state index is 14.1. The number of carbonyl (C=O) groups is 1. The first kappa shape index (κ1) is 24.6. The van der Waals surface area contributed by atoms with Gasteiger partial charge in [0.1, 0.15) is 16.9 Å². The average Bonchev–Trinajstić information content (AvgIpc) is 3.36. The molecule has 1 fully saturated rings. The molecule has 2 aromatic heterocycles. The highest BCUT2D eigenvalue weighted by molar-refractivity contribution is 7.98. The second-order valence-electron chi connectivity index (χ2n) is 10.1. The molecule has 0 radical (unpaired) electrons. The number of thioether (sulfide) groups is 1. The molecule has 2 aliphatic rings. The number of fused-ring (bicyclic) bond motifs is 2. The SMILES string of the molecule is CSc1ncc2cc(N3CCN(C(=O)OC(C)(C)C)c4c(C)cccc43)c(=O)n(C3CCOC3)c2n1. The Hall–Kier alpha value is -3.11. The Labute approximate surface area is 214 Å². The van der Waals surface area contributed by atoms with Crippen LogP contribution in [0.5, 0.6) is 0 Å². The van der Waals surface area contributed by atoms with Gasteiger partial charge in [0.25, 0.3) is 5.56 Å². The van der Waals surface area contributed by atoms with Crippen molar-refractivity contribution in [3.05, 3.63) is 46.4 Å². The summed E-state index contributed by atoms with van der Waals surface area (Å²) in [6, 6.07) is 7.62. The first-order chi connectivity index (χ1) is 17.2. The van der Waals surface area contributed by atoms with Crippen molar-refractivity contribution >= 4 is 46.0 Å². The number of hydrogen-bond donors (Lipinski definition) is 0. The minimum atomic E-state index is -0.609. The molecule has 1 atom stereocenters. The minimum absolute atomic E-state index is 0.0930. The number of benzene rings is 1. The predicted octanol–water partition coefficient (Wildman–Crippen LogP) is 4.68. The molecule has 1 aromatic carbocycles. The van der Waals surface area contributed by atoms with Crippen molar-refractivity contribution in [2.75, 3.05) is 42.4 Å². The van der Waals surface area contributed by atoms with Crippen molar-refractivity contribution < 1.29 is 14.3 Å².